The zero-order valence-electron chi connectivity index (χ0n) is 12.9. The minimum Gasteiger partial charge on any atom is -0.480 e. The Kier molecular flexibility index (Phi) is 5.57. The van der Waals surface area contributed by atoms with E-state index in [1.54, 1.807) is 13.8 Å². The molecule has 7 heteroatoms. The minimum absolute atomic E-state index is 0.0409. The maximum absolute atomic E-state index is 12.4. The summed E-state index contributed by atoms with van der Waals surface area (Å²) in [5, 5.41) is 12.0. The number of carboxylic acids is 1. The lowest BCUT2D eigenvalue weighted by atomic mass is 9.91. The number of nitrogens with two attached hydrogens (primary N) is 1. The number of primary amides is 1. The molecule has 0 aliphatic carbocycles. The van der Waals surface area contributed by atoms with Crippen LogP contribution < -0.4 is 11.1 Å². The van der Waals surface area contributed by atoms with E-state index < -0.39 is 23.4 Å². The third kappa shape index (κ3) is 3.65. The maximum Gasteiger partial charge on any atom is 0.329 e. The van der Waals surface area contributed by atoms with Crippen LogP contribution in [0.4, 0.5) is 4.79 Å². The Morgan fingerprint density at radius 3 is 2.29 bits per heavy atom. The van der Waals surface area contributed by atoms with Crippen LogP contribution in [0.2, 0.25) is 0 Å². The molecule has 2 unspecified atom stereocenters. The number of likely N-dealkylation sites (tertiary alicyclic amines) is 1. The second-order valence-corrected chi connectivity index (χ2v) is 5.70. The van der Waals surface area contributed by atoms with Crippen molar-refractivity contribution in [2.24, 2.45) is 11.7 Å². The van der Waals surface area contributed by atoms with E-state index in [0.717, 1.165) is 0 Å². The van der Waals surface area contributed by atoms with Gasteiger partial charge < -0.3 is 21.1 Å². The molecule has 1 aliphatic heterocycles. The summed E-state index contributed by atoms with van der Waals surface area (Å²) >= 11 is 0. The average molecular weight is 299 g/mol. The fraction of sp³-hybridized carbons (Fsp3) is 0.786. The van der Waals surface area contributed by atoms with Crippen LogP contribution in [0.15, 0.2) is 0 Å². The van der Waals surface area contributed by atoms with Crippen LogP contribution >= 0.6 is 0 Å². The molecule has 0 saturated carbocycles. The number of carbonyl (C=O) groups excluding carboxylic acids is 2. The van der Waals surface area contributed by atoms with Gasteiger partial charge in [-0.25, -0.2) is 9.59 Å². The van der Waals surface area contributed by atoms with Crippen molar-refractivity contribution in [1.82, 2.24) is 10.2 Å². The van der Waals surface area contributed by atoms with Gasteiger partial charge in [0.15, 0.2) is 0 Å². The molecule has 1 saturated heterocycles. The average Bonchev–Trinajstić information content (AvgIpc) is 2.44. The number of nitrogens with zero attached hydrogens (tertiary/aromatic N) is 1. The van der Waals surface area contributed by atoms with E-state index in [4.69, 9.17) is 5.73 Å². The van der Waals surface area contributed by atoms with E-state index in [9.17, 15) is 19.5 Å². The Morgan fingerprint density at radius 1 is 1.29 bits per heavy atom. The predicted octanol–water partition coefficient (Wildman–Crippen LogP) is 0.925. The number of amides is 3. The quantitative estimate of drug-likeness (QED) is 0.700. The highest BCUT2D eigenvalue weighted by Gasteiger charge is 2.40. The normalized spacial score (nSPS) is 22.7. The number of nitrogens with one attached hydrogen (secondary N) is 1. The molecule has 21 heavy (non-hydrogen) atoms. The third-order valence-corrected chi connectivity index (χ3v) is 4.51. The highest BCUT2D eigenvalue weighted by atomic mass is 16.4. The number of aliphatic carboxylic acids is 1. The Balaban J connectivity index is 2.85. The van der Waals surface area contributed by atoms with Gasteiger partial charge in [-0.15, -0.1) is 0 Å². The molecule has 3 amide bonds. The van der Waals surface area contributed by atoms with Gasteiger partial charge in [-0.05, 0) is 32.6 Å². The summed E-state index contributed by atoms with van der Waals surface area (Å²) in [4.78, 5) is 36.7. The zero-order chi connectivity index (χ0) is 16.2. The number of hydrogen-bond donors (Lipinski definition) is 3. The van der Waals surface area contributed by atoms with Crippen molar-refractivity contribution >= 4 is 17.9 Å². The monoisotopic (exact) mass is 299 g/mol. The fourth-order valence-electron chi connectivity index (χ4n) is 2.68. The summed E-state index contributed by atoms with van der Waals surface area (Å²) in [6, 6.07) is -0.486. The van der Waals surface area contributed by atoms with Crippen molar-refractivity contribution in [3.63, 3.8) is 0 Å². The molecule has 4 N–H and O–H groups in total. The summed E-state index contributed by atoms with van der Waals surface area (Å²) < 4.78 is 0. The van der Waals surface area contributed by atoms with Crippen molar-refractivity contribution in [2.45, 2.75) is 58.0 Å². The number of carboxylic acid groups (broad SMARTS) is 1. The van der Waals surface area contributed by atoms with Gasteiger partial charge in [0.25, 0.3) is 0 Å². The first-order valence-electron chi connectivity index (χ1n) is 7.38. The first-order valence-corrected chi connectivity index (χ1v) is 7.38. The molecule has 1 rings (SSSR count). The number of piperidine rings is 1. The number of hydrogen-bond acceptors (Lipinski definition) is 3. The molecule has 0 radical (unpaired) electrons. The van der Waals surface area contributed by atoms with Crippen LogP contribution in [-0.2, 0) is 9.59 Å². The maximum atomic E-state index is 12.4. The van der Waals surface area contributed by atoms with Gasteiger partial charge in [-0.3, -0.25) is 4.79 Å². The van der Waals surface area contributed by atoms with E-state index in [1.165, 1.54) is 4.90 Å². The second kappa shape index (κ2) is 6.78. The van der Waals surface area contributed by atoms with Crippen LogP contribution in [-0.4, -0.2) is 46.0 Å². The highest BCUT2D eigenvalue weighted by molar-refractivity contribution is 5.87. The summed E-state index contributed by atoms with van der Waals surface area (Å²) in [5.74, 6) is -1.83. The molecule has 1 fully saturated rings. The molecule has 7 nitrogen and oxygen atoms in total. The van der Waals surface area contributed by atoms with Gasteiger partial charge in [0.1, 0.15) is 5.54 Å². The summed E-state index contributed by atoms with van der Waals surface area (Å²) in [6.45, 7) is 5.58. The highest BCUT2D eigenvalue weighted by Crippen LogP contribution is 2.23. The SMILES string of the molecule is CCC(CC)(NC(=O)N1CC(C(N)=O)CCC1C)C(=O)O. The number of urea groups is 1. The smallest absolute Gasteiger partial charge is 0.329 e. The molecule has 0 aromatic heterocycles. The van der Waals surface area contributed by atoms with Crippen molar-refractivity contribution < 1.29 is 19.5 Å². The number of carbonyl (C=O) groups is 3. The Morgan fingerprint density at radius 2 is 1.86 bits per heavy atom. The van der Waals surface area contributed by atoms with Crippen molar-refractivity contribution in [2.75, 3.05) is 6.54 Å². The van der Waals surface area contributed by atoms with Gasteiger partial charge >= 0.3 is 12.0 Å². The van der Waals surface area contributed by atoms with Crippen LogP contribution in [0.5, 0.6) is 0 Å². The Bertz CT molecular complexity index is 420. The molecule has 0 aromatic carbocycles. The molecule has 0 aromatic rings. The Labute approximate surface area is 124 Å². The lowest BCUT2D eigenvalue weighted by molar-refractivity contribution is -0.145. The minimum atomic E-state index is -1.27. The van der Waals surface area contributed by atoms with Gasteiger partial charge in [0.05, 0.1) is 5.92 Å². The number of rotatable bonds is 5. The molecule has 1 heterocycles. The van der Waals surface area contributed by atoms with Gasteiger partial charge in [0, 0.05) is 12.6 Å². The van der Waals surface area contributed by atoms with Crippen molar-refractivity contribution in [1.29, 1.82) is 0 Å². The van der Waals surface area contributed by atoms with E-state index >= 15 is 0 Å². The molecule has 1 aliphatic rings. The van der Waals surface area contributed by atoms with E-state index in [0.29, 0.717) is 25.7 Å². The largest absolute Gasteiger partial charge is 0.480 e. The fourth-order valence-corrected chi connectivity index (χ4v) is 2.68. The topological polar surface area (TPSA) is 113 Å². The molecule has 120 valence electrons. The van der Waals surface area contributed by atoms with Crippen LogP contribution in [0.3, 0.4) is 0 Å². The molecule has 2 atom stereocenters. The van der Waals surface area contributed by atoms with Gasteiger partial charge in [-0.1, -0.05) is 13.8 Å². The standard InChI is InChI=1S/C14H25N3O4/c1-4-14(5-2,12(19)20)16-13(21)17-8-10(11(15)18)7-6-9(17)3/h9-10H,4-8H2,1-3H3,(H2,15,18)(H,16,21)(H,19,20). The second-order valence-electron chi connectivity index (χ2n) is 5.70. The van der Waals surface area contributed by atoms with Gasteiger partial charge in [0.2, 0.25) is 5.91 Å². The molecule has 0 spiro atoms. The lowest BCUT2D eigenvalue weighted by Crippen LogP contribution is -2.60. The molecule has 0 bridgehead atoms. The van der Waals surface area contributed by atoms with E-state index in [1.807, 2.05) is 6.92 Å². The van der Waals surface area contributed by atoms with Crippen LogP contribution in [0.1, 0.15) is 46.5 Å². The molecular formula is C14H25N3O4. The summed E-state index contributed by atoms with van der Waals surface area (Å²) in [7, 11) is 0. The molecular weight excluding hydrogens is 274 g/mol. The summed E-state index contributed by atoms with van der Waals surface area (Å²) in [5.41, 5.74) is 4.04. The van der Waals surface area contributed by atoms with Crippen LogP contribution in [0.25, 0.3) is 0 Å². The van der Waals surface area contributed by atoms with Crippen LogP contribution in [0, 0.1) is 5.92 Å². The van der Waals surface area contributed by atoms with E-state index in [-0.39, 0.29) is 18.5 Å². The van der Waals surface area contributed by atoms with Gasteiger partial charge in [-0.2, -0.15) is 0 Å². The van der Waals surface area contributed by atoms with Crippen molar-refractivity contribution in [3.05, 3.63) is 0 Å². The zero-order valence-corrected chi connectivity index (χ0v) is 12.9. The van der Waals surface area contributed by atoms with E-state index in [2.05, 4.69) is 5.32 Å². The first kappa shape index (κ1) is 17.3. The first-order chi connectivity index (χ1) is 9.77. The summed E-state index contributed by atoms with van der Waals surface area (Å²) in [6.07, 6.45) is 1.93. The Hall–Kier alpha value is -1.79. The van der Waals surface area contributed by atoms with Crippen molar-refractivity contribution in [3.8, 4) is 0 Å². The predicted molar refractivity (Wildman–Crippen MR) is 77.6 cm³/mol. The third-order valence-electron chi connectivity index (χ3n) is 4.51. The lowest BCUT2D eigenvalue weighted by Gasteiger charge is -2.39.